The molecule has 618 valence electrons. The lowest BCUT2D eigenvalue weighted by atomic mass is 9.44. The average molecular weight is 1580 g/mol. The van der Waals surface area contributed by atoms with Gasteiger partial charge in [0.15, 0.2) is 0 Å². The number of ketones is 3. The molecule has 0 spiro atoms. The van der Waals surface area contributed by atoms with Gasteiger partial charge in [0, 0.05) is 116 Å². The topological polar surface area (TPSA) is 226 Å². The Hall–Kier alpha value is -3.04. The zero-order valence-corrected chi connectivity index (χ0v) is 73.5. The van der Waals surface area contributed by atoms with Crippen LogP contribution in [0.2, 0.25) is 0 Å². The molecule has 0 aromatic rings. The number of thioether (sulfide) groups is 3. The van der Waals surface area contributed by atoms with E-state index in [1.165, 1.54) is 24.6 Å². The fourth-order valence-electron chi connectivity index (χ4n) is 24.7. The van der Waals surface area contributed by atoms with Crippen LogP contribution in [0.25, 0.3) is 0 Å². The van der Waals surface area contributed by atoms with Crippen LogP contribution in [0, 0.1) is 114 Å². The summed E-state index contributed by atoms with van der Waals surface area (Å²) in [6, 6.07) is 1.31. The molecule has 2 heterocycles. The summed E-state index contributed by atoms with van der Waals surface area (Å²) in [4.78, 5) is 97.7. The zero-order valence-electron chi connectivity index (χ0n) is 71.0. The molecule has 2 saturated heterocycles. The van der Waals surface area contributed by atoms with Crippen molar-refractivity contribution in [2.75, 3.05) is 56.2 Å². The van der Waals surface area contributed by atoms with Crippen molar-refractivity contribution in [1.82, 2.24) is 15.1 Å². The number of rotatable bonds is 23. The van der Waals surface area contributed by atoms with Crippen LogP contribution in [0.1, 0.15) is 254 Å². The number of nitrogens with one attached hydrogen (secondary N) is 1. The first-order chi connectivity index (χ1) is 50.9. The Labute approximate surface area is 670 Å². The number of ether oxygens (including phenoxy) is 3. The molecule has 19 heteroatoms. The van der Waals surface area contributed by atoms with Crippen molar-refractivity contribution < 1.29 is 63.1 Å². The molecule has 0 radical (unpaired) electrons. The molecule has 0 aromatic heterocycles. The summed E-state index contributed by atoms with van der Waals surface area (Å²) in [5.74, 6) is 2.21. The predicted octanol–water partition coefficient (Wildman–Crippen LogP) is 16.0. The molecule has 8 bridgehead atoms. The van der Waals surface area contributed by atoms with Crippen molar-refractivity contribution in [2.45, 2.75) is 312 Å². The maximum Gasteiger partial charge on any atom is 0.316 e. The third-order valence-corrected chi connectivity index (χ3v) is 37.0. The highest BCUT2D eigenvalue weighted by Crippen LogP contribution is 2.72. The van der Waals surface area contributed by atoms with Crippen molar-refractivity contribution in [2.24, 2.45) is 114 Å². The van der Waals surface area contributed by atoms with E-state index in [0.717, 1.165) is 96.0 Å². The second-order valence-electron chi connectivity index (χ2n) is 39.5. The van der Waals surface area contributed by atoms with Crippen LogP contribution < -0.4 is 5.32 Å². The van der Waals surface area contributed by atoms with Crippen LogP contribution >= 0.6 is 35.3 Å². The van der Waals surface area contributed by atoms with Gasteiger partial charge in [-0.2, -0.15) is 0 Å². The first-order valence-electron chi connectivity index (χ1n) is 42.6. The van der Waals surface area contributed by atoms with Gasteiger partial charge in [0.1, 0.15) is 35.7 Å². The van der Waals surface area contributed by atoms with Gasteiger partial charge in [0.2, 0.25) is 5.91 Å². The molecular formula is C90H147N3O13S3. The van der Waals surface area contributed by atoms with Gasteiger partial charge in [0.05, 0.1) is 35.6 Å². The molecule has 9 saturated carbocycles. The van der Waals surface area contributed by atoms with E-state index in [4.69, 9.17) is 14.2 Å². The van der Waals surface area contributed by atoms with E-state index in [1.54, 1.807) is 23.5 Å². The van der Waals surface area contributed by atoms with Crippen molar-refractivity contribution in [3.63, 3.8) is 0 Å². The Balaban J connectivity index is 0.000000189. The minimum atomic E-state index is -0.673. The first kappa shape index (κ1) is 89.9. The van der Waals surface area contributed by atoms with Gasteiger partial charge >= 0.3 is 17.9 Å². The molecule has 11 rings (SSSR count). The smallest absolute Gasteiger partial charge is 0.316 e. The van der Waals surface area contributed by atoms with Gasteiger partial charge in [-0.15, -0.1) is 55.0 Å². The summed E-state index contributed by atoms with van der Waals surface area (Å²) < 4.78 is 18.7. The molecule has 1 amide bonds. The number of hydrogen-bond acceptors (Lipinski definition) is 18. The second-order valence-corrected chi connectivity index (χ2v) is 43.6. The number of esters is 3. The molecule has 0 aromatic carbocycles. The molecule has 109 heavy (non-hydrogen) atoms. The average Bonchev–Trinajstić information content (AvgIpc) is 1.64. The lowest BCUT2D eigenvalue weighted by molar-refractivity contribution is -0.205. The predicted molar refractivity (Wildman–Crippen MR) is 443 cm³/mol. The minimum Gasteiger partial charge on any atom is -0.461 e. The normalized spacial score (nSPS) is 44.0. The number of amides is 1. The third-order valence-electron chi connectivity index (χ3n) is 33.6. The molecule has 9 aliphatic carbocycles. The molecule has 2 aliphatic heterocycles. The molecule has 11 fully saturated rings. The number of nitrogens with zero attached hydrogens (tertiary/aromatic N) is 2. The van der Waals surface area contributed by atoms with Gasteiger partial charge in [-0.05, 0) is 194 Å². The fourth-order valence-corrected chi connectivity index (χ4v) is 27.4. The Morgan fingerprint density at radius 3 is 1.26 bits per heavy atom. The van der Waals surface area contributed by atoms with Gasteiger partial charge < -0.3 is 44.6 Å². The van der Waals surface area contributed by atoms with Crippen LogP contribution in [0.3, 0.4) is 0 Å². The highest BCUT2D eigenvalue weighted by atomic mass is 32.2. The quantitative estimate of drug-likeness (QED) is 0.0323. The van der Waals surface area contributed by atoms with Crippen LogP contribution in [0.4, 0.5) is 0 Å². The second kappa shape index (κ2) is 34.6. The van der Waals surface area contributed by atoms with Crippen LogP contribution in [-0.4, -0.2) is 181 Å². The van der Waals surface area contributed by atoms with Crippen LogP contribution in [0.15, 0.2) is 38.0 Å². The number of aliphatic hydroxyl groups excluding tert-OH is 3. The van der Waals surface area contributed by atoms with E-state index >= 15 is 0 Å². The summed E-state index contributed by atoms with van der Waals surface area (Å²) in [5, 5.41) is 38.5. The van der Waals surface area contributed by atoms with Crippen molar-refractivity contribution >= 4 is 76.5 Å². The Kier molecular flexibility index (Phi) is 28.6. The Bertz CT molecular complexity index is 3300. The van der Waals surface area contributed by atoms with Crippen LogP contribution in [-0.2, 0) is 47.8 Å². The first-order valence-corrected chi connectivity index (χ1v) is 45.8. The summed E-state index contributed by atoms with van der Waals surface area (Å²) in [6.45, 7) is 55.8. The number of Topliss-reactive ketones (excluding diaryl/α,β-unsaturated/α-hetero) is 3. The lowest BCUT2D eigenvalue weighted by Crippen LogP contribution is -2.63. The van der Waals surface area contributed by atoms with E-state index < -0.39 is 69.1 Å². The minimum absolute atomic E-state index is 0.00390. The number of fused-ring (bicyclic) bond motifs is 2. The highest BCUT2D eigenvalue weighted by molar-refractivity contribution is 8.01. The summed E-state index contributed by atoms with van der Waals surface area (Å²) in [6.07, 6.45) is 18.5. The van der Waals surface area contributed by atoms with E-state index in [0.29, 0.717) is 85.5 Å². The molecule has 4 N–H and O–H groups in total. The molecular weight excluding hydrogens is 1430 g/mol. The Morgan fingerprint density at radius 1 is 0.569 bits per heavy atom. The SMILES string of the molecule is C=C[C@]1(C)C[C@@H](OC(=O)CSC(C)(C)CNC(=O)[C@H](C)C(C)C)[C@]2(C)[C@H](C)CC[C@]3(CCC(=O)[C@H]32)[C@@H](C)[C@@H]1O.C=C[C@]1(C)C[C@@H](OC(=O)CSC2CC3CCC(C2)N3C)[C@]2(C)[C@H](C)CC[C@]3(CCC(=O)[C@H]32)[C@@H](C)[C@@H]1O.C=C[C@]1(C)C[C@@H](OC(=O)CSCCN(CC)CC)[C@]2(C)[C@H](C)CC[C@]3(CCC(=O)[C@H]32)[C@@H](C)[C@@H]1O. The van der Waals surface area contributed by atoms with Crippen molar-refractivity contribution in [1.29, 1.82) is 0 Å². The molecule has 27 atom stereocenters. The number of piperidine rings is 1. The maximum atomic E-state index is 13.5. The molecule has 2 unspecified atom stereocenters. The lowest BCUT2D eigenvalue weighted by Gasteiger charge is -2.61. The van der Waals surface area contributed by atoms with Gasteiger partial charge in [0.25, 0.3) is 0 Å². The summed E-state index contributed by atoms with van der Waals surface area (Å²) in [7, 11) is 2.24. The monoisotopic (exact) mass is 1570 g/mol. The number of carbonyl (C=O) groups is 7. The number of aliphatic hydroxyl groups is 3. The van der Waals surface area contributed by atoms with Gasteiger partial charge in [-0.3, -0.25) is 33.6 Å². The van der Waals surface area contributed by atoms with Crippen molar-refractivity contribution in [3.05, 3.63) is 38.0 Å². The van der Waals surface area contributed by atoms with Gasteiger partial charge in [-0.1, -0.05) is 136 Å². The van der Waals surface area contributed by atoms with Crippen LogP contribution in [0.5, 0.6) is 0 Å². The largest absolute Gasteiger partial charge is 0.461 e. The van der Waals surface area contributed by atoms with E-state index in [1.807, 2.05) is 66.7 Å². The highest BCUT2D eigenvalue weighted by Gasteiger charge is 2.72. The number of carbonyl (C=O) groups excluding carboxylic acids is 7. The van der Waals surface area contributed by atoms with Gasteiger partial charge in [-0.25, -0.2) is 0 Å². The van der Waals surface area contributed by atoms with Crippen molar-refractivity contribution in [3.8, 4) is 0 Å². The van der Waals surface area contributed by atoms with E-state index in [9.17, 15) is 48.9 Å². The summed E-state index contributed by atoms with van der Waals surface area (Å²) in [5.41, 5.74) is -3.92. The van der Waals surface area contributed by atoms with E-state index in [2.05, 4.69) is 125 Å². The van der Waals surface area contributed by atoms with E-state index in [-0.39, 0.29) is 121 Å². The third kappa shape index (κ3) is 16.7. The zero-order chi connectivity index (χ0) is 80.9. The Morgan fingerprint density at radius 2 is 0.917 bits per heavy atom. The molecule has 11 aliphatic rings. The maximum absolute atomic E-state index is 13.5. The standard InChI is InChI=1S/C32H53NO5S.C30H47NO4S.C28H47NO4S/c1-11-30(9)16-24(38-25(35)17-39-29(7,8)18-33-28(37)21(5)19(2)3)31(10)20(4)12-14-32(22(6)27(30)36)15-13-23(34)26(31)32;1-7-28(4)16-24(35-25(33)17-36-22-14-20-8-9-21(15-22)31(20)6)29(5)18(2)10-12-30(19(3)27(28)34)13-11-23(32)26(29)30;1-8-26(6)17-22(33-23(31)18-34-16-15-29(9-2)10-3)27(7)19(4)11-13-28(20(5)25(26)32)14-12-21(30)24(27)28/h11,19-22,24,26-27,36H,1,12-18H2,2-10H3,(H,33,37);7,18-22,24,26-27,34H,1,8-17H2,2-6H3;8,19-20,22,24-25,32H,1,9-18H2,2-7H3/t20-,21-,22+,24-,26+,27+,30-,31+,32+;18-,19+,20?,21?,22?,24-,26+,27+,28-,29+,30+;19-,20+,22-,24+,25+,26-,27+,28+/m111/s1. The fraction of sp³-hybridized carbons (Fsp3) is 0.856. The number of hydrogen-bond donors (Lipinski definition) is 4. The molecule has 16 nitrogen and oxygen atoms in total. The summed E-state index contributed by atoms with van der Waals surface area (Å²) >= 11 is 4.85.